The summed E-state index contributed by atoms with van der Waals surface area (Å²) < 4.78 is 0. The summed E-state index contributed by atoms with van der Waals surface area (Å²) in [7, 11) is 0. The molecule has 0 amide bonds. The van der Waals surface area contributed by atoms with Crippen molar-refractivity contribution in [1.29, 1.82) is 0 Å². The van der Waals surface area contributed by atoms with Crippen molar-refractivity contribution in [3.05, 3.63) is 0 Å². The van der Waals surface area contributed by atoms with Crippen LogP contribution < -0.4 is 5.32 Å². The van der Waals surface area contributed by atoms with Crippen LogP contribution in [-0.4, -0.2) is 12.6 Å². The van der Waals surface area contributed by atoms with E-state index in [4.69, 9.17) is 0 Å². The molecule has 66 valence electrons. The quantitative estimate of drug-likeness (QED) is 0.660. The minimum atomic E-state index is 0.741. The molecule has 0 spiro atoms. The van der Waals surface area contributed by atoms with Gasteiger partial charge < -0.3 is 5.32 Å². The first-order chi connectivity index (χ1) is 5.24. The normalized spacial score (nSPS) is 34.1. The molecule has 1 aliphatic rings. The molecule has 0 saturated heterocycles. The maximum Gasteiger partial charge on any atom is 0.00669 e. The van der Waals surface area contributed by atoms with E-state index in [1.807, 2.05) is 0 Å². The highest BCUT2D eigenvalue weighted by atomic mass is 14.9. The average molecular weight is 155 g/mol. The van der Waals surface area contributed by atoms with E-state index in [9.17, 15) is 0 Å². The lowest BCUT2D eigenvalue weighted by atomic mass is 9.98. The molecule has 0 heterocycles. The van der Waals surface area contributed by atoms with Crippen molar-refractivity contribution in [3.63, 3.8) is 0 Å². The summed E-state index contributed by atoms with van der Waals surface area (Å²) in [5.41, 5.74) is 0. The molecule has 0 radical (unpaired) electrons. The number of nitrogens with one attached hydrogen (secondary N) is 1. The molecule has 1 rings (SSSR count). The third-order valence-electron chi connectivity index (χ3n) is 2.97. The SMILES string of the molecule is CCNC(C)C1CCC(C)C1. The predicted molar refractivity (Wildman–Crippen MR) is 49.6 cm³/mol. The molecule has 11 heavy (non-hydrogen) atoms. The van der Waals surface area contributed by atoms with Gasteiger partial charge in [-0.25, -0.2) is 0 Å². The average Bonchev–Trinajstić information content (AvgIpc) is 2.36. The molecule has 1 heteroatoms. The Hall–Kier alpha value is -0.0400. The minimum Gasteiger partial charge on any atom is -0.314 e. The van der Waals surface area contributed by atoms with Gasteiger partial charge in [0.2, 0.25) is 0 Å². The second-order valence-electron chi connectivity index (χ2n) is 4.02. The topological polar surface area (TPSA) is 12.0 Å². The Morgan fingerprint density at radius 2 is 2.18 bits per heavy atom. The van der Waals surface area contributed by atoms with Crippen LogP contribution in [0.2, 0.25) is 0 Å². The zero-order valence-corrected chi connectivity index (χ0v) is 8.06. The van der Waals surface area contributed by atoms with Crippen molar-refractivity contribution < 1.29 is 0 Å². The van der Waals surface area contributed by atoms with Gasteiger partial charge in [-0.05, 0) is 38.1 Å². The van der Waals surface area contributed by atoms with Crippen molar-refractivity contribution in [1.82, 2.24) is 5.32 Å². The van der Waals surface area contributed by atoms with E-state index in [1.165, 1.54) is 19.3 Å². The lowest BCUT2D eigenvalue weighted by Gasteiger charge is -2.19. The number of hydrogen-bond acceptors (Lipinski definition) is 1. The van der Waals surface area contributed by atoms with E-state index >= 15 is 0 Å². The highest BCUT2D eigenvalue weighted by Crippen LogP contribution is 2.32. The Morgan fingerprint density at radius 3 is 2.64 bits per heavy atom. The monoisotopic (exact) mass is 155 g/mol. The Labute approximate surface area is 70.6 Å². The Morgan fingerprint density at radius 1 is 1.45 bits per heavy atom. The van der Waals surface area contributed by atoms with Gasteiger partial charge >= 0.3 is 0 Å². The van der Waals surface area contributed by atoms with Gasteiger partial charge in [-0.1, -0.05) is 20.3 Å². The summed E-state index contributed by atoms with van der Waals surface area (Å²) in [6, 6.07) is 0.741. The van der Waals surface area contributed by atoms with Crippen LogP contribution in [0.3, 0.4) is 0 Å². The van der Waals surface area contributed by atoms with Crippen molar-refractivity contribution in [2.75, 3.05) is 6.54 Å². The minimum absolute atomic E-state index is 0.741. The fourth-order valence-electron chi connectivity index (χ4n) is 2.19. The molecule has 3 unspecified atom stereocenters. The van der Waals surface area contributed by atoms with Gasteiger partial charge in [-0.2, -0.15) is 0 Å². The Balaban J connectivity index is 2.25. The maximum absolute atomic E-state index is 3.51. The maximum atomic E-state index is 3.51. The second-order valence-corrected chi connectivity index (χ2v) is 4.02. The molecule has 1 fully saturated rings. The van der Waals surface area contributed by atoms with Crippen LogP contribution in [0, 0.1) is 11.8 Å². The fourth-order valence-corrected chi connectivity index (χ4v) is 2.19. The third-order valence-corrected chi connectivity index (χ3v) is 2.97. The third kappa shape index (κ3) is 2.48. The Kier molecular flexibility index (Phi) is 3.38. The standard InChI is InChI=1S/C10H21N/c1-4-11-9(3)10-6-5-8(2)7-10/h8-11H,4-7H2,1-3H3. The Bertz CT molecular complexity index is 111. The van der Waals surface area contributed by atoms with Gasteiger partial charge in [0.1, 0.15) is 0 Å². The highest BCUT2D eigenvalue weighted by molar-refractivity contribution is 4.79. The molecule has 0 bridgehead atoms. The van der Waals surface area contributed by atoms with Crippen molar-refractivity contribution in [2.45, 2.75) is 46.1 Å². The van der Waals surface area contributed by atoms with Crippen molar-refractivity contribution in [3.8, 4) is 0 Å². The largest absolute Gasteiger partial charge is 0.314 e. The van der Waals surface area contributed by atoms with Gasteiger partial charge in [0, 0.05) is 6.04 Å². The van der Waals surface area contributed by atoms with Gasteiger partial charge in [0.25, 0.3) is 0 Å². The summed E-state index contributed by atoms with van der Waals surface area (Å²) in [6.45, 7) is 8.01. The second kappa shape index (κ2) is 4.10. The van der Waals surface area contributed by atoms with Crippen LogP contribution in [0.25, 0.3) is 0 Å². The van der Waals surface area contributed by atoms with Crippen LogP contribution in [0.1, 0.15) is 40.0 Å². The lowest BCUT2D eigenvalue weighted by Crippen LogP contribution is -2.32. The van der Waals surface area contributed by atoms with Crippen LogP contribution in [0.4, 0.5) is 0 Å². The van der Waals surface area contributed by atoms with Crippen LogP contribution in [0.5, 0.6) is 0 Å². The predicted octanol–water partition coefficient (Wildman–Crippen LogP) is 2.42. The zero-order chi connectivity index (χ0) is 8.27. The summed E-state index contributed by atoms with van der Waals surface area (Å²) >= 11 is 0. The first kappa shape index (κ1) is 9.05. The summed E-state index contributed by atoms with van der Waals surface area (Å²) in [4.78, 5) is 0. The molecule has 1 aliphatic carbocycles. The lowest BCUT2D eigenvalue weighted by molar-refractivity contribution is 0.379. The van der Waals surface area contributed by atoms with Crippen molar-refractivity contribution >= 4 is 0 Å². The van der Waals surface area contributed by atoms with E-state index in [0.717, 1.165) is 24.4 Å². The zero-order valence-electron chi connectivity index (χ0n) is 8.06. The highest BCUT2D eigenvalue weighted by Gasteiger charge is 2.25. The van der Waals surface area contributed by atoms with E-state index in [0.29, 0.717) is 0 Å². The number of hydrogen-bond donors (Lipinski definition) is 1. The van der Waals surface area contributed by atoms with Gasteiger partial charge in [-0.3, -0.25) is 0 Å². The van der Waals surface area contributed by atoms with Gasteiger partial charge in [-0.15, -0.1) is 0 Å². The van der Waals surface area contributed by atoms with E-state index < -0.39 is 0 Å². The smallest absolute Gasteiger partial charge is 0.00669 e. The molecule has 0 aromatic carbocycles. The number of rotatable bonds is 3. The van der Waals surface area contributed by atoms with E-state index in [-0.39, 0.29) is 0 Å². The first-order valence-corrected chi connectivity index (χ1v) is 4.97. The van der Waals surface area contributed by atoms with E-state index in [1.54, 1.807) is 0 Å². The van der Waals surface area contributed by atoms with E-state index in [2.05, 4.69) is 26.1 Å². The van der Waals surface area contributed by atoms with Crippen molar-refractivity contribution in [2.24, 2.45) is 11.8 Å². The van der Waals surface area contributed by atoms with Crippen LogP contribution >= 0.6 is 0 Å². The fraction of sp³-hybridized carbons (Fsp3) is 1.00. The molecule has 1 nitrogen and oxygen atoms in total. The summed E-state index contributed by atoms with van der Waals surface area (Å²) in [5.74, 6) is 1.92. The van der Waals surface area contributed by atoms with Gasteiger partial charge in [0.05, 0.1) is 0 Å². The molecular formula is C10H21N. The molecule has 0 aromatic heterocycles. The first-order valence-electron chi connectivity index (χ1n) is 4.97. The van der Waals surface area contributed by atoms with Crippen LogP contribution in [-0.2, 0) is 0 Å². The molecular weight excluding hydrogens is 134 g/mol. The summed E-state index contributed by atoms with van der Waals surface area (Å²) in [6.07, 6.45) is 4.32. The van der Waals surface area contributed by atoms with Gasteiger partial charge in [0.15, 0.2) is 0 Å². The molecule has 3 atom stereocenters. The molecule has 0 aromatic rings. The molecule has 1 N–H and O–H groups in total. The summed E-state index contributed by atoms with van der Waals surface area (Å²) in [5, 5.41) is 3.51. The molecule has 0 aliphatic heterocycles. The van der Waals surface area contributed by atoms with Crippen LogP contribution in [0.15, 0.2) is 0 Å². The molecule has 1 saturated carbocycles.